The molecule has 1 fully saturated rings. The van der Waals surface area contributed by atoms with E-state index in [9.17, 15) is 8.78 Å². The summed E-state index contributed by atoms with van der Waals surface area (Å²) in [4.78, 5) is 2.25. The van der Waals surface area contributed by atoms with Crippen LogP contribution in [0.5, 0.6) is 0 Å². The highest BCUT2D eigenvalue weighted by Gasteiger charge is 2.11. The molecule has 126 valence electrons. The molecule has 0 aromatic heterocycles. The minimum absolute atomic E-state index is 0.259. The molecule has 2 aromatic carbocycles. The first-order valence-electron chi connectivity index (χ1n) is 7.57. The van der Waals surface area contributed by atoms with Gasteiger partial charge >= 0.3 is 0 Å². The molecule has 3 rings (SSSR count). The third-order valence-corrected chi connectivity index (χ3v) is 3.83. The second-order valence-electron chi connectivity index (χ2n) is 5.38. The van der Waals surface area contributed by atoms with E-state index in [0.29, 0.717) is 0 Å². The van der Waals surface area contributed by atoms with E-state index in [1.165, 1.54) is 12.1 Å². The number of anilines is 3. The van der Waals surface area contributed by atoms with Gasteiger partial charge in [-0.2, -0.15) is 0 Å². The van der Waals surface area contributed by atoms with Gasteiger partial charge in [-0.15, -0.1) is 0 Å². The number of hydrogen-bond donors (Lipinski definition) is 2. The van der Waals surface area contributed by atoms with Gasteiger partial charge in [0, 0.05) is 36.2 Å². The molecule has 0 unspecified atom stereocenters. The van der Waals surface area contributed by atoms with Crippen molar-refractivity contribution in [3.63, 3.8) is 0 Å². The summed E-state index contributed by atoms with van der Waals surface area (Å²) in [5.41, 5.74) is 2.17. The van der Waals surface area contributed by atoms with Gasteiger partial charge in [-0.05, 0) is 48.6 Å². The summed E-state index contributed by atoms with van der Waals surface area (Å²) in [6.45, 7) is 3.21. The Labute approximate surface area is 144 Å². The molecule has 2 aromatic rings. The number of benzene rings is 2. The SMILES string of the molecule is Fc1cc(F)cc(NC(=S)Nc2ccc(N3CCOCC3)cc2)c1. The predicted molar refractivity (Wildman–Crippen MR) is 95.7 cm³/mol. The summed E-state index contributed by atoms with van der Waals surface area (Å²) in [5, 5.41) is 6.02. The van der Waals surface area contributed by atoms with Gasteiger partial charge in [-0.3, -0.25) is 0 Å². The molecular weight excluding hydrogens is 332 g/mol. The smallest absolute Gasteiger partial charge is 0.175 e. The summed E-state index contributed by atoms with van der Waals surface area (Å²) in [7, 11) is 0. The highest BCUT2D eigenvalue weighted by atomic mass is 32.1. The van der Waals surface area contributed by atoms with Crippen molar-refractivity contribution in [1.29, 1.82) is 0 Å². The van der Waals surface area contributed by atoms with Crippen molar-refractivity contribution in [2.24, 2.45) is 0 Å². The average Bonchev–Trinajstić information content (AvgIpc) is 2.55. The maximum Gasteiger partial charge on any atom is 0.175 e. The third-order valence-electron chi connectivity index (χ3n) is 3.62. The van der Waals surface area contributed by atoms with Crippen LogP contribution in [-0.2, 0) is 4.74 Å². The molecule has 0 bridgehead atoms. The van der Waals surface area contributed by atoms with Gasteiger partial charge in [0.05, 0.1) is 13.2 Å². The van der Waals surface area contributed by atoms with E-state index in [-0.39, 0.29) is 10.8 Å². The predicted octanol–water partition coefficient (Wildman–Crippen LogP) is 3.61. The molecule has 0 saturated carbocycles. The first kappa shape index (κ1) is 16.6. The molecule has 1 heterocycles. The van der Waals surface area contributed by atoms with Crippen molar-refractivity contribution >= 4 is 34.4 Å². The molecule has 24 heavy (non-hydrogen) atoms. The molecule has 2 N–H and O–H groups in total. The highest BCUT2D eigenvalue weighted by molar-refractivity contribution is 7.80. The number of hydrogen-bond acceptors (Lipinski definition) is 3. The Bertz CT molecular complexity index is 698. The van der Waals surface area contributed by atoms with E-state index < -0.39 is 11.6 Å². The van der Waals surface area contributed by atoms with Gasteiger partial charge in [0.15, 0.2) is 5.11 Å². The summed E-state index contributed by atoms with van der Waals surface area (Å²) in [6.07, 6.45) is 0. The molecular formula is C17H17F2N3OS. The Balaban J connectivity index is 1.59. The van der Waals surface area contributed by atoms with Crippen LogP contribution in [0.25, 0.3) is 0 Å². The molecule has 0 aliphatic carbocycles. The zero-order valence-electron chi connectivity index (χ0n) is 12.9. The Morgan fingerprint density at radius 2 is 1.50 bits per heavy atom. The number of thiocarbonyl (C=S) groups is 1. The standard InChI is InChI=1S/C17H17F2N3OS/c18-12-9-13(19)11-15(10-12)21-17(24)20-14-1-3-16(4-2-14)22-5-7-23-8-6-22/h1-4,9-11H,5-8H2,(H2,20,21,24). The quantitative estimate of drug-likeness (QED) is 0.828. The Morgan fingerprint density at radius 3 is 2.12 bits per heavy atom. The summed E-state index contributed by atoms with van der Waals surface area (Å²) in [5.74, 6) is -1.31. The second kappa shape index (κ2) is 7.55. The van der Waals surface area contributed by atoms with Gasteiger partial charge < -0.3 is 20.3 Å². The van der Waals surface area contributed by atoms with Crippen LogP contribution < -0.4 is 15.5 Å². The number of nitrogens with one attached hydrogen (secondary N) is 2. The van der Waals surface area contributed by atoms with Crippen LogP contribution in [0.3, 0.4) is 0 Å². The lowest BCUT2D eigenvalue weighted by molar-refractivity contribution is 0.122. The van der Waals surface area contributed by atoms with E-state index >= 15 is 0 Å². The van der Waals surface area contributed by atoms with Gasteiger partial charge in [-0.25, -0.2) is 8.78 Å². The zero-order chi connectivity index (χ0) is 16.9. The monoisotopic (exact) mass is 349 g/mol. The lowest BCUT2D eigenvalue weighted by atomic mass is 10.2. The topological polar surface area (TPSA) is 36.5 Å². The highest BCUT2D eigenvalue weighted by Crippen LogP contribution is 2.19. The molecule has 0 amide bonds. The van der Waals surface area contributed by atoms with E-state index in [2.05, 4.69) is 15.5 Å². The number of ether oxygens (including phenoxy) is 1. The average molecular weight is 349 g/mol. The van der Waals surface area contributed by atoms with Crippen LogP contribution in [0, 0.1) is 11.6 Å². The largest absolute Gasteiger partial charge is 0.378 e. The summed E-state index contributed by atoms with van der Waals surface area (Å²) in [6, 6.07) is 11.0. The van der Waals surface area contributed by atoms with E-state index in [0.717, 1.165) is 43.7 Å². The first-order chi connectivity index (χ1) is 11.6. The van der Waals surface area contributed by atoms with Crippen LogP contribution >= 0.6 is 12.2 Å². The van der Waals surface area contributed by atoms with Crippen LogP contribution in [0.1, 0.15) is 0 Å². The molecule has 0 radical (unpaired) electrons. The van der Waals surface area contributed by atoms with Gasteiger partial charge in [0.25, 0.3) is 0 Å². The minimum atomic E-state index is -0.657. The van der Waals surface area contributed by atoms with Crippen LogP contribution in [0.2, 0.25) is 0 Å². The van der Waals surface area contributed by atoms with E-state index in [4.69, 9.17) is 17.0 Å². The number of morpholine rings is 1. The first-order valence-corrected chi connectivity index (χ1v) is 7.98. The fraction of sp³-hybridized carbons (Fsp3) is 0.235. The van der Waals surface area contributed by atoms with Crippen LogP contribution in [0.15, 0.2) is 42.5 Å². The van der Waals surface area contributed by atoms with Crippen molar-refractivity contribution in [1.82, 2.24) is 0 Å². The van der Waals surface area contributed by atoms with Crippen molar-refractivity contribution in [2.75, 3.05) is 41.8 Å². The maximum absolute atomic E-state index is 13.2. The molecule has 0 spiro atoms. The minimum Gasteiger partial charge on any atom is -0.378 e. The maximum atomic E-state index is 13.2. The molecule has 1 saturated heterocycles. The molecule has 0 atom stereocenters. The van der Waals surface area contributed by atoms with Gasteiger partial charge in [0.2, 0.25) is 0 Å². The number of nitrogens with zero attached hydrogens (tertiary/aromatic N) is 1. The fourth-order valence-corrected chi connectivity index (χ4v) is 2.73. The number of halogens is 2. The van der Waals surface area contributed by atoms with Crippen molar-refractivity contribution in [2.45, 2.75) is 0 Å². The van der Waals surface area contributed by atoms with Crippen molar-refractivity contribution in [3.05, 3.63) is 54.1 Å². The Hall–Kier alpha value is -2.25. The third kappa shape index (κ3) is 4.39. The second-order valence-corrected chi connectivity index (χ2v) is 5.79. The molecule has 7 heteroatoms. The number of rotatable bonds is 3. The zero-order valence-corrected chi connectivity index (χ0v) is 13.7. The van der Waals surface area contributed by atoms with E-state index in [1.54, 1.807) is 0 Å². The normalized spacial score (nSPS) is 14.3. The molecule has 4 nitrogen and oxygen atoms in total. The molecule has 1 aliphatic rings. The van der Waals surface area contributed by atoms with Crippen LogP contribution in [0.4, 0.5) is 25.8 Å². The van der Waals surface area contributed by atoms with Crippen LogP contribution in [-0.4, -0.2) is 31.4 Å². The summed E-state index contributed by atoms with van der Waals surface area (Å²) < 4.78 is 31.7. The lowest BCUT2D eigenvalue weighted by Gasteiger charge is -2.29. The molecule has 1 aliphatic heterocycles. The summed E-state index contributed by atoms with van der Waals surface area (Å²) >= 11 is 5.17. The van der Waals surface area contributed by atoms with Crippen molar-refractivity contribution in [3.8, 4) is 0 Å². The van der Waals surface area contributed by atoms with Gasteiger partial charge in [0.1, 0.15) is 11.6 Å². The van der Waals surface area contributed by atoms with E-state index in [1.807, 2.05) is 24.3 Å². The Morgan fingerprint density at radius 1 is 0.917 bits per heavy atom. The van der Waals surface area contributed by atoms with Crippen molar-refractivity contribution < 1.29 is 13.5 Å². The lowest BCUT2D eigenvalue weighted by Crippen LogP contribution is -2.36. The van der Waals surface area contributed by atoms with Gasteiger partial charge in [-0.1, -0.05) is 0 Å². The fourth-order valence-electron chi connectivity index (χ4n) is 2.50. The Kier molecular flexibility index (Phi) is 5.22.